The summed E-state index contributed by atoms with van der Waals surface area (Å²) >= 11 is 2.69. The van der Waals surface area contributed by atoms with Crippen LogP contribution in [-0.4, -0.2) is 61.5 Å². The molecule has 48 heavy (non-hydrogen) atoms. The third-order valence-corrected chi connectivity index (χ3v) is 9.86. The van der Waals surface area contributed by atoms with Crippen LogP contribution < -0.4 is 21.3 Å². The van der Waals surface area contributed by atoms with E-state index in [1.807, 2.05) is 36.6 Å². The summed E-state index contributed by atoms with van der Waals surface area (Å²) in [6.45, 7) is 6.70. The predicted octanol–water partition coefficient (Wildman–Crippen LogP) is 7.96. The zero-order valence-corrected chi connectivity index (χ0v) is 28.3. The van der Waals surface area contributed by atoms with Crippen LogP contribution in [0.5, 0.6) is 0 Å². The van der Waals surface area contributed by atoms with Crippen LogP contribution in [0, 0.1) is 18.8 Å². The van der Waals surface area contributed by atoms with Crippen LogP contribution in [0.1, 0.15) is 43.5 Å². The first-order chi connectivity index (χ1) is 23.4. The van der Waals surface area contributed by atoms with Crippen molar-refractivity contribution in [3.05, 3.63) is 70.7 Å². The van der Waals surface area contributed by atoms with Crippen molar-refractivity contribution in [3.63, 3.8) is 0 Å². The molecule has 0 aliphatic carbocycles. The lowest BCUT2D eigenvalue weighted by Crippen LogP contribution is -2.31. The number of thiazole rings is 2. The molecule has 2 amide bonds. The van der Waals surface area contributed by atoms with Crippen LogP contribution in [0.2, 0.25) is 0 Å². The Hall–Kier alpha value is -3.98. The Morgan fingerprint density at radius 2 is 1.23 bits per heavy atom. The molecule has 0 spiro atoms. The van der Waals surface area contributed by atoms with Gasteiger partial charge in [0.05, 0.1) is 24.6 Å². The standard InChI is InChI=1S/C17H19F2N3O2S.C17H21N3O2S/c18-15(19)14-10-25-16(21-14)12-3-1-2-4-13(12)22-17(23)24-9-11-5-7-20-8-6-11;1-12-11-23-16(19-12)14-4-2-3-5-15(14)20-17(21)22-10-13-6-8-18-9-7-13/h1-4,10-11,15,20H,5-9H2,(H,22,23);2-5,11,13,18H,6-10H2,1H3,(H,20,21). The minimum absolute atomic E-state index is 0.261. The molecule has 14 heteroatoms. The molecule has 0 radical (unpaired) electrons. The molecule has 4 heterocycles. The van der Waals surface area contributed by atoms with Crippen LogP contribution in [0.3, 0.4) is 0 Å². The normalized spacial score (nSPS) is 15.3. The highest BCUT2D eigenvalue weighted by Gasteiger charge is 2.19. The smallest absolute Gasteiger partial charge is 0.411 e. The molecule has 4 aromatic rings. The minimum Gasteiger partial charge on any atom is -0.449 e. The quantitative estimate of drug-likeness (QED) is 0.139. The van der Waals surface area contributed by atoms with E-state index in [9.17, 15) is 18.4 Å². The van der Waals surface area contributed by atoms with Gasteiger partial charge in [0, 0.05) is 27.6 Å². The Balaban J connectivity index is 0.000000188. The second-order valence-electron chi connectivity index (χ2n) is 11.6. The summed E-state index contributed by atoms with van der Waals surface area (Å²) in [4.78, 5) is 32.6. The molecule has 0 bridgehead atoms. The number of ether oxygens (including phenoxy) is 2. The van der Waals surface area contributed by atoms with Gasteiger partial charge in [-0.1, -0.05) is 24.3 Å². The van der Waals surface area contributed by atoms with E-state index in [-0.39, 0.29) is 5.69 Å². The number of nitrogens with zero attached hydrogens (tertiary/aromatic N) is 2. The van der Waals surface area contributed by atoms with Crippen molar-refractivity contribution in [1.29, 1.82) is 0 Å². The SMILES string of the molecule is Cc1csc(-c2ccccc2NC(=O)OCC2CCNCC2)n1.O=C(Nc1ccccc1-c1nc(C(F)F)cs1)OCC1CCNCC1. The highest BCUT2D eigenvalue weighted by molar-refractivity contribution is 7.13. The number of hydrogen-bond donors (Lipinski definition) is 4. The van der Waals surface area contributed by atoms with Gasteiger partial charge in [0.1, 0.15) is 15.7 Å². The van der Waals surface area contributed by atoms with Gasteiger partial charge < -0.3 is 20.1 Å². The lowest BCUT2D eigenvalue weighted by atomic mass is 9.99. The van der Waals surface area contributed by atoms with Crippen molar-refractivity contribution < 1.29 is 27.8 Å². The van der Waals surface area contributed by atoms with E-state index in [1.54, 1.807) is 35.6 Å². The van der Waals surface area contributed by atoms with Crippen molar-refractivity contribution in [2.45, 2.75) is 39.0 Å². The molecule has 0 saturated carbocycles. The monoisotopic (exact) mass is 698 g/mol. The van der Waals surface area contributed by atoms with E-state index >= 15 is 0 Å². The fourth-order valence-corrected chi connectivity index (χ4v) is 7.01. The van der Waals surface area contributed by atoms with Crippen LogP contribution in [0.4, 0.5) is 29.7 Å². The molecule has 4 N–H and O–H groups in total. The molecule has 2 aromatic heterocycles. The molecule has 2 aliphatic rings. The van der Waals surface area contributed by atoms with Gasteiger partial charge in [-0.2, -0.15) is 0 Å². The maximum Gasteiger partial charge on any atom is 0.411 e. The summed E-state index contributed by atoms with van der Waals surface area (Å²) in [5.74, 6) is 0.827. The number of piperidine rings is 2. The molecule has 2 aliphatic heterocycles. The molecular weight excluding hydrogens is 659 g/mol. The maximum absolute atomic E-state index is 12.7. The molecule has 2 fully saturated rings. The summed E-state index contributed by atoms with van der Waals surface area (Å²) in [5.41, 5.74) is 3.46. The van der Waals surface area contributed by atoms with Gasteiger partial charge in [0.2, 0.25) is 0 Å². The average molecular weight is 699 g/mol. The number of amides is 2. The number of aryl methyl sites for hydroxylation is 1. The second-order valence-corrected chi connectivity index (χ2v) is 13.3. The average Bonchev–Trinajstić information content (AvgIpc) is 3.78. The number of carbonyl (C=O) groups excluding carboxylic acids is 2. The van der Waals surface area contributed by atoms with E-state index < -0.39 is 18.6 Å². The van der Waals surface area contributed by atoms with Gasteiger partial charge >= 0.3 is 12.2 Å². The first kappa shape index (κ1) is 35.3. The number of rotatable bonds is 9. The number of hydrogen-bond acceptors (Lipinski definition) is 10. The number of nitrogens with one attached hydrogen (secondary N) is 4. The van der Waals surface area contributed by atoms with E-state index in [1.165, 1.54) is 5.38 Å². The molecule has 6 rings (SSSR count). The molecule has 0 unspecified atom stereocenters. The summed E-state index contributed by atoms with van der Waals surface area (Å²) < 4.78 is 36.2. The predicted molar refractivity (Wildman–Crippen MR) is 186 cm³/mol. The number of benzene rings is 2. The first-order valence-electron chi connectivity index (χ1n) is 16.0. The van der Waals surface area contributed by atoms with Crippen molar-refractivity contribution in [3.8, 4) is 21.1 Å². The fraction of sp³-hybridized carbons (Fsp3) is 0.412. The van der Waals surface area contributed by atoms with E-state index in [4.69, 9.17) is 9.47 Å². The first-order valence-corrected chi connectivity index (χ1v) is 17.7. The number of alkyl halides is 2. The van der Waals surface area contributed by atoms with Gasteiger partial charge in [0.25, 0.3) is 6.43 Å². The van der Waals surface area contributed by atoms with Gasteiger partial charge in [0.15, 0.2) is 0 Å². The summed E-state index contributed by atoms with van der Waals surface area (Å²) in [6, 6.07) is 14.6. The van der Waals surface area contributed by atoms with Crippen molar-refractivity contribution in [1.82, 2.24) is 20.6 Å². The Labute approximate surface area is 286 Å². The number of carbonyl (C=O) groups is 2. The highest BCUT2D eigenvalue weighted by Crippen LogP contribution is 2.33. The van der Waals surface area contributed by atoms with Crippen molar-refractivity contribution in [2.24, 2.45) is 11.8 Å². The third kappa shape index (κ3) is 10.5. The zero-order chi connectivity index (χ0) is 33.7. The van der Waals surface area contributed by atoms with Gasteiger partial charge in [-0.05, 0) is 94.9 Å². The molecule has 256 valence electrons. The van der Waals surface area contributed by atoms with Crippen LogP contribution in [-0.2, 0) is 9.47 Å². The van der Waals surface area contributed by atoms with Crippen LogP contribution >= 0.6 is 22.7 Å². The van der Waals surface area contributed by atoms with E-state index in [2.05, 4.69) is 31.2 Å². The van der Waals surface area contributed by atoms with Crippen LogP contribution in [0.25, 0.3) is 21.1 Å². The molecule has 0 atom stereocenters. The second kappa shape index (κ2) is 18.0. The zero-order valence-electron chi connectivity index (χ0n) is 26.7. The lowest BCUT2D eigenvalue weighted by molar-refractivity contribution is 0.130. The summed E-state index contributed by atoms with van der Waals surface area (Å²) in [6.07, 6.45) is 0.532. The maximum atomic E-state index is 12.7. The number of anilines is 2. The van der Waals surface area contributed by atoms with E-state index in [0.29, 0.717) is 41.3 Å². The van der Waals surface area contributed by atoms with E-state index in [0.717, 1.165) is 85.2 Å². The Kier molecular flexibility index (Phi) is 13.2. The van der Waals surface area contributed by atoms with Gasteiger partial charge in [-0.25, -0.2) is 28.3 Å². The Morgan fingerprint density at radius 3 is 1.67 bits per heavy atom. The third-order valence-electron chi connectivity index (χ3n) is 7.97. The molecular formula is C34H40F2N6O4S2. The van der Waals surface area contributed by atoms with Crippen molar-refractivity contribution in [2.75, 3.05) is 50.0 Å². The topological polar surface area (TPSA) is 126 Å². The molecule has 10 nitrogen and oxygen atoms in total. The summed E-state index contributed by atoms with van der Waals surface area (Å²) in [7, 11) is 0. The van der Waals surface area contributed by atoms with Gasteiger partial charge in [-0.3, -0.25) is 10.6 Å². The lowest BCUT2D eigenvalue weighted by Gasteiger charge is -2.22. The largest absolute Gasteiger partial charge is 0.449 e. The minimum atomic E-state index is -2.61. The number of para-hydroxylation sites is 2. The molecule has 2 aromatic carbocycles. The highest BCUT2D eigenvalue weighted by atomic mass is 32.1. The van der Waals surface area contributed by atoms with Gasteiger partial charge in [-0.15, -0.1) is 22.7 Å². The van der Waals surface area contributed by atoms with Crippen molar-refractivity contribution >= 4 is 46.2 Å². The summed E-state index contributed by atoms with van der Waals surface area (Å²) in [5, 5.41) is 16.8. The Bertz CT molecular complexity index is 1620. The molecule has 2 saturated heterocycles. The number of aromatic nitrogens is 2. The fourth-order valence-electron chi connectivity index (χ4n) is 5.32. The number of halogens is 2. The van der Waals surface area contributed by atoms with Crippen LogP contribution in [0.15, 0.2) is 59.3 Å². The Morgan fingerprint density at radius 1 is 0.771 bits per heavy atom.